The predicted molar refractivity (Wildman–Crippen MR) is 94.6 cm³/mol. The summed E-state index contributed by atoms with van der Waals surface area (Å²) in [5.41, 5.74) is 2.92. The summed E-state index contributed by atoms with van der Waals surface area (Å²) >= 11 is 0. The summed E-state index contributed by atoms with van der Waals surface area (Å²) in [5.74, 6) is -0.371. The van der Waals surface area contributed by atoms with Crippen LogP contribution in [-0.2, 0) is 22.6 Å². The lowest BCUT2D eigenvalue weighted by Gasteiger charge is -2.07. The molecule has 6 nitrogen and oxygen atoms in total. The number of ether oxygens (including phenoxy) is 2. The van der Waals surface area contributed by atoms with Crippen LogP contribution in [0.15, 0.2) is 53.3 Å². The van der Waals surface area contributed by atoms with Crippen molar-refractivity contribution in [2.24, 2.45) is 0 Å². The van der Waals surface area contributed by atoms with Crippen LogP contribution in [0.1, 0.15) is 22.3 Å². The van der Waals surface area contributed by atoms with E-state index in [-0.39, 0.29) is 18.3 Å². The van der Waals surface area contributed by atoms with Crippen molar-refractivity contribution in [1.82, 2.24) is 9.55 Å². The smallest absolute Gasteiger partial charge is 0.338 e. The van der Waals surface area contributed by atoms with Gasteiger partial charge in [0.05, 0.1) is 29.8 Å². The van der Waals surface area contributed by atoms with E-state index in [9.17, 15) is 9.59 Å². The summed E-state index contributed by atoms with van der Waals surface area (Å²) in [7, 11) is 1.61. The molecule has 0 fully saturated rings. The van der Waals surface area contributed by atoms with Gasteiger partial charge in [-0.05, 0) is 36.2 Å². The largest absolute Gasteiger partial charge is 0.462 e. The molecule has 0 bridgehead atoms. The van der Waals surface area contributed by atoms with Crippen molar-refractivity contribution in [1.29, 1.82) is 0 Å². The van der Waals surface area contributed by atoms with Gasteiger partial charge in [-0.3, -0.25) is 4.57 Å². The minimum Gasteiger partial charge on any atom is -0.462 e. The van der Waals surface area contributed by atoms with Crippen LogP contribution >= 0.6 is 0 Å². The number of nitrogens with one attached hydrogen (secondary N) is 1. The Morgan fingerprint density at radius 3 is 2.84 bits per heavy atom. The number of aryl methyl sites for hydroxylation is 1. The molecule has 0 aliphatic heterocycles. The van der Waals surface area contributed by atoms with Gasteiger partial charge in [-0.2, -0.15) is 0 Å². The van der Waals surface area contributed by atoms with Crippen LogP contribution in [0.2, 0.25) is 0 Å². The molecule has 1 heterocycles. The second-order valence-electron chi connectivity index (χ2n) is 5.72. The number of rotatable bonds is 7. The highest BCUT2D eigenvalue weighted by atomic mass is 16.5. The van der Waals surface area contributed by atoms with E-state index in [0.29, 0.717) is 25.1 Å². The molecule has 0 radical (unpaired) electrons. The van der Waals surface area contributed by atoms with Crippen LogP contribution in [0.25, 0.3) is 11.0 Å². The summed E-state index contributed by atoms with van der Waals surface area (Å²) < 4.78 is 12.0. The van der Waals surface area contributed by atoms with E-state index in [1.165, 1.54) is 0 Å². The molecule has 130 valence electrons. The first-order chi connectivity index (χ1) is 12.2. The number of methoxy groups -OCH3 is 1. The molecular formula is C19H20N2O4. The fourth-order valence-electron chi connectivity index (χ4n) is 2.75. The van der Waals surface area contributed by atoms with Crippen molar-refractivity contribution >= 4 is 17.0 Å². The zero-order chi connectivity index (χ0) is 17.6. The lowest BCUT2D eigenvalue weighted by atomic mass is 10.1. The molecule has 0 spiro atoms. The van der Waals surface area contributed by atoms with Gasteiger partial charge in [0.25, 0.3) is 0 Å². The van der Waals surface area contributed by atoms with Crippen molar-refractivity contribution < 1.29 is 14.3 Å². The molecule has 0 saturated heterocycles. The van der Waals surface area contributed by atoms with Crippen molar-refractivity contribution in [3.8, 4) is 0 Å². The molecule has 0 amide bonds. The van der Waals surface area contributed by atoms with E-state index >= 15 is 0 Å². The maximum atomic E-state index is 12.1. The number of hydrogen-bond donors (Lipinski definition) is 1. The van der Waals surface area contributed by atoms with Crippen LogP contribution < -0.4 is 5.69 Å². The lowest BCUT2D eigenvalue weighted by Crippen LogP contribution is -2.18. The highest BCUT2D eigenvalue weighted by Crippen LogP contribution is 2.10. The molecule has 2 aromatic carbocycles. The fourth-order valence-corrected chi connectivity index (χ4v) is 2.75. The molecule has 1 aromatic heterocycles. The van der Waals surface area contributed by atoms with E-state index in [1.54, 1.807) is 29.9 Å². The van der Waals surface area contributed by atoms with Crippen molar-refractivity contribution in [2.45, 2.75) is 19.6 Å². The number of fused-ring (bicyclic) bond motifs is 1. The molecule has 3 rings (SSSR count). The summed E-state index contributed by atoms with van der Waals surface area (Å²) in [5, 5.41) is 0. The molecule has 25 heavy (non-hydrogen) atoms. The first-order valence-electron chi connectivity index (χ1n) is 8.11. The summed E-state index contributed by atoms with van der Waals surface area (Å²) in [6.45, 7) is 1.18. The van der Waals surface area contributed by atoms with E-state index in [2.05, 4.69) is 4.98 Å². The van der Waals surface area contributed by atoms with Crippen LogP contribution in [0.5, 0.6) is 0 Å². The molecule has 0 atom stereocenters. The van der Waals surface area contributed by atoms with E-state index in [0.717, 1.165) is 16.6 Å². The number of imidazole rings is 1. The number of carbonyl (C=O) groups excluding carboxylic acids is 1. The number of esters is 1. The summed E-state index contributed by atoms with van der Waals surface area (Å²) in [6, 6.07) is 14.7. The van der Waals surface area contributed by atoms with Crippen molar-refractivity contribution in [3.05, 3.63) is 70.1 Å². The Balaban J connectivity index is 1.56. The molecule has 0 saturated carbocycles. The third kappa shape index (κ3) is 3.97. The average molecular weight is 340 g/mol. The zero-order valence-electron chi connectivity index (χ0n) is 14.0. The number of hydrogen-bond acceptors (Lipinski definition) is 4. The van der Waals surface area contributed by atoms with Gasteiger partial charge >= 0.3 is 11.7 Å². The van der Waals surface area contributed by atoms with Gasteiger partial charge < -0.3 is 14.5 Å². The molecular weight excluding hydrogens is 320 g/mol. The monoisotopic (exact) mass is 340 g/mol. The maximum absolute atomic E-state index is 12.1. The topological polar surface area (TPSA) is 73.3 Å². The third-order valence-electron chi connectivity index (χ3n) is 3.91. The number of aromatic nitrogens is 2. The van der Waals surface area contributed by atoms with Gasteiger partial charge in [-0.15, -0.1) is 0 Å². The molecule has 3 aromatic rings. The minimum atomic E-state index is -0.371. The van der Waals surface area contributed by atoms with Crippen LogP contribution in [0.3, 0.4) is 0 Å². The van der Waals surface area contributed by atoms with Gasteiger partial charge in [-0.25, -0.2) is 9.59 Å². The summed E-state index contributed by atoms with van der Waals surface area (Å²) in [4.78, 5) is 26.9. The molecule has 1 N–H and O–H groups in total. The van der Waals surface area contributed by atoms with Crippen LogP contribution in [-0.4, -0.2) is 29.2 Å². The Bertz CT molecular complexity index is 926. The Morgan fingerprint density at radius 2 is 2.00 bits per heavy atom. The number of H-pyrrole nitrogens is 1. The van der Waals surface area contributed by atoms with Crippen molar-refractivity contribution in [3.63, 3.8) is 0 Å². The SMILES string of the molecule is COCc1cccc(C(=O)OCCCn2c(=O)[nH]c3ccccc32)c1. The van der Waals surface area contributed by atoms with Gasteiger partial charge in [0.1, 0.15) is 0 Å². The fraction of sp³-hybridized carbons (Fsp3) is 0.263. The normalized spacial score (nSPS) is 10.9. The van der Waals surface area contributed by atoms with Gasteiger partial charge in [0.15, 0.2) is 0 Å². The number of benzene rings is 2. The third-order valence-corrected chi connectivity index (χ3v) is 3.91. The second kappa shape index (κ2) is 7.81. The van der Waals surface area contributed by atoms with Gasteiger partial charge in [0.2, 0.25) is 0 Å². The highest BCUT2D eigenvalue weighted by molar-refractivity contribution is 5.89. The zero-order valence-corrected chi connectivity index (χ0v) is 14.0. The summed E-state index contributed by atoms with van der Waals surface area (Å²) in [6.07, 6.45) is 0.561. The number of para-hydroxylation sites is 2. The minimum absolute atomic E-state index is 0.153. The van der Waals surface area contributed by atoms with Gasteiger partial charge in [-0.1, -0.05) is 24.3 Å². The number of aromatic amines is 1. The molecule has 0 unspecified atom stereocenters. The van der Waals surface area contributed by atoms with E-state index < -0.39 is 0 Å². The second-order valence-corrected chi connectivity index (χ2v) is 5.72. The quantitative estimate of drug-likeness (QED) is 0.530. The highest BCUT2D eigenvalue weighted by Gasteiger charge is 2.09. The Kier molecular flexibility index (Phi) is 5.30. The van der Waals surface area contributed by atoms with Crippen LogP contribution in [0.4, 0.5) is 0 Å². The molecule has 6 heteroatoms. The van der Waals surface area contributed by atoms with Crippen LogP contribution in [0, 0.1) is 0 Å². The maximum Gasteiger partial charge on any atom is 0.338 e. The Labute approximate surface area is 145 Å². The molecule has 0 aliphatic carbocycles. The Hall–Kier alpha value is -2.86. The number of nitrogens with zero attached hydrogens (tertiary/aromatic N) is 1. The van der Waals surface area contributed by atoms with E-state index in [4.69, 9.17) is 9.47 Å². The predicted octanol–water partition coefficient (Wildman–Crippen LogP) is 2.72. The first-order valence-corrected chi connectivity index (χ1v) is 8.11. The van der Waals surface area contributed by atoms with E-state index in [1.807, 2.05) is 30.3 Å². The number of carbonyl (C=O) groups is 1. The average Bonchev–Trinajstić information content (AvgIpc) is 2.94. The lowest BCUT2D eigenvalue weighted by molar-refractivity contribution is 0.0495. The first kappa shape index (κ1) is 17.0. The standard InChI is InChI=1S/C19H20N2O4/c1-24-13-14-6-4-7-15(12-14)18(22)25-11-5-10-21-17-9-3-2-8-16(17)20-19(21)23/h2-4,6-9,12H,5,10-11,13H2,1H3,(H,20,23). The van der Waals surface area contributed by atoms with Crippen molar-refractivity contribution in [2.75, 3.05) is 13.7 Å². The molecule has 0 aliphatic rings. The Morgan fingerprint density at radius 1 is 1.16 bits per heavy atom. The van der Waals surface area contributed by atoms with Gasteiger partial charge in [0, 0.05) is 13.7 Å².